The van der Waals surface area contributed by atoms with Crippen LogP contribution in [0.5, 0.6) is 0 Å². The first kappa shape index (κ1) is 19.9. The lowest BCUT2D eigenvalue weighted by atomic mass is 9.89. The van der Waals surface area contributed by atoms with E-state index in [-0.39, 0.29) is 29.8 Å². The molecule has 0 fully saturated rings. The van der Waals surface area contributed by atoms with Crippen LogP contribution in [0.15, 0.2) is 30.3 Å². The first-order chi connectivity index (χ1) is 9.44. The number of methoxy groups -OCH3 is 1. The molecule has 4 nitrogen and oxygen atoms in total. The zero-order valence-electron chi connectivity index (χ0n) is 13.1. The molecule has 5 heteroatoms. The molecule has 1 aromatic rings. The Morgan fingerprint density at radius 1 is 1.33 bits per heavy atom. The Balaban J connectivity index is 0.00000400. The van der Waals surface area contributed by atoms with Crippen molar-refractivity contribution < 1.29 is 9.53 Å². The quantitative estimate of drug-likeness (QED) is 0.775. The third kappa shape index (κ3) is 8.05. The lowest BCUT2D eigenvalue weighted by molar-refractivity contribution is -0.121. The zero-order chi connectivity index (χ0) is 15.0. The Kier molecular flexibility index (Phi) is 9.26. The summed E-state index contributed by atoms with van der Waals surface area (Å²) < 4.78 is 5.07. The van der Waals surface area contributed by atoms with Gasteiger partial charge < -0.3 is 15.8 Å². The van der Waals surface area contributed by atoms with Crippen LogP contribution in [-0.2, 0) is 9.53 Å². The van der Waals surface area contributed by atoms with Gasteiger partial charge in [0.25, 0.3) is 0 Å². The molecule has 21 heavy (non-hydrogen) atoms. The minimum absolute atomic E-state index is 0. The van der Waals surface area contributed by atoms with Crippen molar-refractivity contribution in [2.45, 2.75) is 32.7 Å². The van der Waals surface area contributed by atoms with E-state index in [4.69, 9.17) is 10.5 Å². The Bertz CT molecular complexity index is 410. The van der Waals surface area contributed by atoms with Crippen molar-refractivity contribution in [3.05, 3.63) is 35.9 Å². The number of carbonyl (C=O) groups excluding carboxylic acids is 1. The summed E-state index contributed by atoms with van der Waals surface area (Å²) in [4.78, 5) is 11.9. The average Bonchev–Trinajstić information content (AvgIpc) is 2.44. The number of nitrogens with two attached hydrogens (primary N) is 1. The molecule has 1 atom stereocenters. The van der Waals surface area contributed by atoms with Gasteiger partial charge in [0.05, 0.1) is 0 Å². The molecule has 0 bridgehead atoms. The summed E-state index contributed by atoms with van der Waals surface area (Å²) in [6.45, 7) is 5.57. The molecule has 3 N–H and O–H groups in total. The second-order valence-electron chi connectivity index (χ2n) is 5.91. The highest BCUT2D eigenvalue weighted by atomic mass is 35.5. The maximum absolute atomic E-state index is 11.9. The first-order valence-electron chi connectivity index (χ1n) is 7.01. The maximum atomic E-state index is 11.9. The summed E-state index contributed by atoms with van der Waals surface area (Å²) in [5.41, 5.74) is 7.05. The Morgan fingerprint density at radius 2 is 1.95 bits per heavy atom. The second kappa shape index (κ2) is 9.77. The van der Waals surface area contributed by atoms with Gasteiger partial charge in [-0.25, -0.2) is 0 Å². The van der Waals surface area contributed by atoms with Crippen molar-refractivity contribution >= 4 is 18.3 Å². The van der Waals surface area contributed by atoms with Gasteiger partial charge in [-0.05, 0) is 17.4 Å². The molecular weight excluding hydrogens is 288 g/mol. The molecule has 0 radical (unpaired) electrons. The van der Waals surface area contributed by atoms with E-state index < -0.39 is 0 Å². The molecule has 1 aromatic carbocycles. The summed E-state index contributed by atoms with van der Waals surface area (Å²) >= 11 is 0. The van der Waals surface area contributed by atoms with Crippen LogP contribution in [0.3, 0.4) is 0 Å². The number of hydrogen-bond donors (Lipinski definition) is 2. The van der Waals surface area contributed by atoms with E-state index in [0.29, 0.717) is 19.6 Å². The maximum Gasteiger partial charge on any atom is 0.221 e. The van der Waals surface area contributed by atoms with E-state index in [1.807, 2.05) is 30.3 Å². The Hall–Kier alpha value is -1.10. The highest BCUT2D eigenvalue weighted by Crippen LogP contribution is 2.19. The number of carbonyl (C=O) groups is 1. The lowest BCUT2D eigenvalue weighted by Gasteiger charge is -2.25. The van der Waals surface area contributed by atoms with Crippen molar-refractivity contribution in [3.8, 4) is 0 Å². The lowest BCUT2D eigenvalue weighted by Crippen LogP contribution is -2.36. The molecule has 0 saturated carbocycles. The predicted molar refractivity (Wildman–Crippen MR) is 88.5 cm³/mol. The molecule has 0 aliphatic heterocycles. The van der Waals surface area contributed by atoms with Crippen molar-refractivity contribution in [2.75, 3.05) is 20.3 Å². The summed E-state index contributed by atoms with van der Waals surface area (Å²) in [6.07, 6.45) is 1.22. The van der Waals surface area contributed by atoms with E-state index >= 15 is 0 Å². The molecule has 0 spiro atoms. The van der Waals surface area contributed by atoms with Gasteiger partial charge in [0, 0.05) is 32.7 Å². The van der Waals surface area contributed by atoms with Crippen LogP contribution in [-0.4, -0.2) is 26.2 Å². The minimum atomic E-state index is -0.252. The molecule has 120 valence electrons. The molecule has 0 aliphatic rings. The third-order valence-corrected chi connectivity index (χ3v) is 3.38. The monoisotopic (exact) mass is 314 g/mol. The van der Waals surface area contributed by atoms with Crippen molar-refractivity contribution in [1.82, 2.24) is 5.32 Å². The number of halogens is 1. The van der Waals surface area contributed by atoms with Crippen molar-refractivity contribution in [2.24, 2.45) is 11.1 Å². The van der Waals surface area contributed by atoms with E-state index in [0.717, 1.165) is 12.0 Å². The van der Waals surface area contributed by atoms with Crippen LogP contribution in [0.4, 0.5) is 0 Å². The molecule has 0 aromatic heterocycles. The van der Waals surface area contributed by atoms with Gasteiger partial charge in [0.1, 0.15) is 0 Å². The Labute approximate surface area is 133 Å². The van der Waals surface area contributed by atoms with Gasteiger partial charge in [-0.15, -0.1) is 12.4 Å². The number of benzene rings is 1. The number of ether oxygens (including phenoxy) is 1. The fourth-order valence-corrected chi connectivity index (χ4v) is 1.89. The number of amides is 1. The van der Waals surface area contributed by atoms with Gasteiger partial charge in [0.15, 0.2) is 0 Å². The van der Waals surface area contributed by atoms with Crippen LogP contribution < -0.4 is 11.1 Å². The smallest absolute Gasteiger partial charge is 0.221 e. The average molecular weight is 315 g/mol. The first-order valence-corrected chi connectivity index (χ1v) is 7.01. The van der Waals surface area contributed by atoms with Gasteiger partial charge in [-0.1, -0.05) is 44.2 Å². The molecule has 0 heterocycles. The third-order valence-electron chi connectivity index (χ3n) is 3.38. The topological polar surface area (TPSA) is 64.3 Å². The number of hydrogen-bond acceptors (Lipinski definition) is 3. The molecular formula is C16H27ClN2O2. The zero-order valence-corrected chi connectivity index (χ0v) is 13.9. The van der Waals surface area contributed by atoms with E-state index in [1.54, 1.807) is 7.11 Å². The second-order valence-corrected chi connectivity index (χ2v) is 5.91. The van der Waals surface area contributed by atoms with Gasteiger partial charge in [-0.3, -0.25) is 4.79 Å². The van der Waals surface area contributed by atoms with Gasteiger partial charge in [0.2, 0.25) is 5.91 Å². The fourth-order valence-electron chi connectivity index (χ4n) is 1.89. The summed E-state index contributed by atoms with van der Waals surface area (Å²) in [6, 6.07) is 9.44. The van der Waals surface area contributed by atoms with E-state index in [9.17, 15) is 4.79 Å². The van der Waals surface area contributed by atoms with Crippen LogP contribution in [0.25, 0.3) is 0 Å². The highest BCUT2D eigenvalue weighted by molar-refractivity contribution is 5.85. The summed E-state index contributed by atoms with van der Waals surface area (Å²) in [5, 5.41) is 2.96. The highest BCUT2D eigenvalue weighted by Gasteiger charge is 2.19. The van der Waals surface area contributed by atoms with Gasteiger partial charge >= 0.3 is 0 Å². The van der Waals surface area contributed by atoms with Crippen LogP contribution in [0.2, 0.25) is 0 Å². The summed E-state index contributed by atoms with van der Waals surface area (Å²) in [5.74, 6) is -0.00755. The minimum Gasteiger partial charge on any atom is -0.385 e. The molecule has 1 amide bonds. The Morgan fingerprint density at radius 3 is 2.52 bits per heavy atom. The number of nitrogens with one attached hydrogen (secondary N) is 1. The normalized spacial score (nSPS) is 12.4. The molecule has 1 unspecified atom stereocenters. The fraction of sp³-hybridized carbons (Fsp3) is 0.562. The number of rotatable bonds is 8. The van der Waals surface area contributed by atoms with Crippen LogP contribution in [0.1, 0.15) is 38.3 Å². The molecule has 0 saturated heterocycles. The largest absolute Gasteiger partial charge is 0.385 e. The van der Waals surface area contributed by atoms with Crippen molar-refractivity contribution in [3.63, 3.8) is 0 Å². The predicted octanol–water partition coefficient (Wildman–Crippen LogP) is 2.68. The van der Waals surface area contributed by atoms with Gasteiger partial charge in [-0.2, -0.15) is 0 Å². The summed E-state index contributed by atoms with van der Waals surface area (Å²) in [7, 11) is 1.69. The van der Waals surface area contributed by atoms with E-state index in [2.05, 4.69) is 19.2 Å². The molecule has 0 aliphatic carbocycles. The SMILES string of the molecule is COCCC(C)(C)CNC(=O)CC(N)c1ccccc1.Cl. The van der Waals surface area contributed by atoms with Crippen molar-refractivity contribution in [1.29, 1.82) is 0 Å². The molecule has 1 rings (SSSR count). The van der Waals surface area contributed by atoms with E-state index in [1.165, 1.54) is 0 Å². The van der Waals surface area contributed by atoms with Crippen LogP contribution >= 0.6 is 12.4 Å². The van der Waals surface area contributed by atoms with Crippen LogP contribution in [0, 0.1) is 5.41 Å². The standard InChI is InChI=1S/C16H26N2O2.ClH/c1-16(2,9-10-20-3)12-18-15(19)11-14(17)13-7-5-4-6-8-13;/h4-8,14H,9-12,17H2,1-3H3,(H,18,19);1H.